The van der Waals surface area contributed by atoms with Crippen LogP contribution in [0.3, 0.4) is 0 Å². The third kappa shape index (κ3) is 3.73. The molecule has 2 rings (SSSR count). The second kappa shape index (κ2) is 6.46. The number of allylic oxidation sites excluding steroid dienone is 2. The average Bonchev–Trinajstić information content (AvgIpc) is 2.41. The van der Waals surface area contributed by atoms with E-state index in [4.69, 9.17) is 22.1 Å². The van der Waals surface area contributed by atoms with Gasteiger partial charge in [-0.3, -0.25) is 4.90 Å². The van der Waals surface area contributed by atoms with Gasteiger partial charge in [0.2, 0.25) is 0 Å². The topological polar surface area (TPSA) is 67.6 Å². The molecule has 2 aliphatic rings. The second-order valence-corrected chi connectivity index (χ2v) is 7.02. The van der Waals surface area contributed by atoms with Crippen molar-refractivity contribution in [1.29, 1.82) is 0 Å². The van der Waals surface area contributed by atoms with Gasteiger partial charge >= 0.3 is 6.09 Å². The van der Waals surface area contributed by atoms with E-state index in [1.165, 1.54) is 6.08 Å². The van der Waals surface area contributed by atoms with Crippen LogP contribution in [0.5, 0.6) is 0 Å². The summed E-state index contributed by atoms with van der Waals surface area (Å²) in [5.41, 5.74) is 5.62. The van der Waals surface area contributed by atoms with E-state index >= 15 is 0 Å². The lowest BCUT2D eigenvalue weighted by atomic mass is 9.86. The van der Waals surface area contributed by atoms with Crippen molar-refractivity contribution in [2.45, 2.75) is 45.3 Å². The van der Waals surface area contributed by atoms with Gasteiger partial charge in [-0.25, -0.2) is 9.18 Å². The van der Waals surface area contributed by atoms with Gasteiger partial charge < -0.3 is 15.8 Å². The van der Waals surface area contributed by atoms with Crippen LogP contribution in [-0.4, -0.2) is 35.7 Å². The quantitative estimate of drug-likeness (QED) is 0.725. The molecule has 0 aromatic carbocycles. The lowest BCUT2D eigenvalue weighted by molar-refractivity contribution is 0.0211. The van der Waals surface area contributed by atoms with Gasteiger partial charge in [0.25, 0.3) is 0 Å². The molecular weight excluding hydrogens is 309 g/mol. The Morgan fingerprint density at radius 3 is 2.59 bits per heavy atom. The molecule has 124 valence electrons. The van der Waals surface area contributed by atoms with Gasteiger partial charge in [0, 0.05) is 5.70 Å². The Morgan fingerprint density at radius 1 is 1.45 bits per heavy atom. The number of carbonyl (C=O) groups excluding carboxylic acids is 1. The van der Waals surface area contributed by atoms with E-state index in [2.05, 4.69) is 5.32 Å². The highest BCUT2D eigenvalue weighted by Crippen LogP contribution is 2.35. The summed E-state index contributed by atoms with van der Waals surface area (Å²) in [6.07, 6.45) is 2.21. The number of halogens is 2. The highest BCUT2D eigenvalue weighted by Gasteiger charge is 2.40. The minimum Gasteiger partial charge on any atom is -0.443 e. The summed E-state index contributed by atoms with van der Waals surface area (Å²) in [5, 5.41) is 3.00. The summed E-state index contributed by atoms with van der Waals surface area (Å²) in [6.45, 7) is 6.92. The van der Waals surface area contributed by atoms with Crippen molar-refractivity contribution >= 4 is 17.7 Å². The number of piperidine rings is 1. The van der Waals surface area contributed by atoms with E-state index < -0.39 is 23.6 Å². The summed E-state index contributed by atoms with van der Waals surface area (Å²) < 4.78 is 19.3. The molecule has 0 bridgehead atoms. The third-order valence-electron chi connectivity index (χ3n) is 3.74. The van der Waals surface area contributed by atoms with Crippen molar-refractivity contribution in [3.63, 3.8) is 0 Å². The summed E-state index contributed by atoms with van der Waals surface area (Å²) in [6, 6.07) is -0.469. The highest BCUT2D eigenvalue weighted by atomic mass is 35.5. The molecule has 1 atom stereocenters. The predicted molar refractivity (Wildman–Crippen MR) is 83.7 cm³/mol. The van der Waals surface area contributed by atoms with E-state index in [1.807, 2.05) is 0 Å². The molecular formula is C15H23ClFN3O2. The molecule has 0 aromatic rings. The number of hydrogen-bond donors (Lipinski definition) is 2. The predicted octanol–water partition coefficient (Wildman–Crippen LogP) is 2.83. The van der Waals surface area contributed by atoms with Crippen molar-refractivity contribution in [2.24, 2.45) is 11.7 Å². The maximum absolute atomic E-state index is 13.9. The van der Waals surface area contributed by atoms with Crippen LogP contribution in [0.15, 0.2) is 22.8 Å². The molecule has 0 radical (unpaired) electrons. The summed E-state index contributed by atoms with van der Waals surface area (Å²) in [4.78, 5) is 13.6. The van der Waals surface area contributed by atoms with Crippen LogP contribution in [-0.2, 0) is 4.74 Å². The molecule has 2 aliphatic heterocycles. The number of rotatable bonds is 1. The van der Waals surface area contributed by atoms with E-state index in [-0.39, 0.29) is 11.1 Å². The van der Waals surface area contributed by atoms with Crippen LogP contribution in [0.2, 0.25) is 0 Å². The van der Waals surface area contributed by atoms with Crippen molar-refractivity contribution in [1.82, 2.24) is 10.2 Å². The first-order chi connectivity index (χ1) is 10.2. The van der Waals surface area contributed by atoms with Gasteiger partial charge in [0.05, 0.1) is 6.04 Å². The number of carbonyl (C=O) groups is 1. The van der Waals surface area contributed by atoms with Crippen molar-refractivity contribution in [3.05, 3.63) is 22.8 Å². The summed E-state index contributed by atoms with van der Waals surface area (Å²) in [7, 11) is 0. The Morgan fingerprint density at radius 2 is 2.05 bits per heavy atom. The fraction of sp³-hybridized carbons (Fsp3) is 0.667. The molecule has 0 aliphatic carbocycles. The van der Waals surface area contributed by atoms with Gasteiger partial charge in [-0.2, -0.15) is 0 Å². The normalized spacial score (nSPS) is 24.3. The van der Waals surface area contributed by atoms with E-state index in [0.29, 0.717) is 5.70 Å². The molecule has 0 saturated carbocycles. The standard InChI is InChI=1S/C15H23ClFN3O2/c1-15(2,3)22-14(21)20-12(9-4-6-19-7-5-9)11(18)8-10(17)13(20)16/h8-9,12,19H,4-7,18H2,1-3H3. The monoisotopic (exact) mass is 331 g/mol. The number of hydrogen-bond acceptors (Lipinski definition) is 4. The third-order valence-corrected chi connectivity index (χ3v) is 4.10. The van der Waals surface area contributed by atoms with E-state index in [0.717, 1.165) is 30.8 Å². The molecule has 1 saturated heterocycles. The molecule has 0 aromatic heterocycles. The zero-order chi connectivity index (χ0) is 16.5. The van der Waals surface area contributed by atoms with Crippen LogP contribution in [0.1, 0.15) is 33.6 Å². The maximum Gasteiger partial charge on any atom is 0.416 e. The molecule has 2 heterocycles. The molecule has 3 N–H and O–H groups in total. The first-order valence-corrected chi connectivity index (χ1v) is 7.84. The van der Waals surface area contributed by atoms with Crippen LogP contribution in [0.4, 0.5) is 9.18 Å². The fourth-order valence-electron chi connectivity index (χ4n) is 2.83. The summed E-state index contributed by atoms with van der Waals surface area (Å²) >= 11 is 6.05. The van der Waals surface area contributed by atoms with E-state index in [9.17, 15) is 9.18 Å². The lowest BCUT2D eigenvalue weighted by Crippen LogP contribution is -2.51. The number of ether oxygens (including phenoxy) is 1. The van der Waals surface area contributed by atoms with Gasteiger partial charge in [0.15, 0.2) is 11.0 Å². The van der Waals surface area contributed by atoms with Crippen molar-refractivity contribution < 1.29 is 13.9 Å². The Hall–Kier alpha value is -1.27. The Balaban J connectivity index is 2.31. The van der Waals surface area contributed by atoms with Crippen molar-refractivity contribution in [2.75, 3.05) is 13.1 Å². The van der Waals surface area contributed by atoms with Crippen molar-refractivity contribution in [3.8, 4) is 0 Å². The first-order valence-electron chi connectivity index (χ1n) is 7.46. The minimum atomic E-state index is -0.713. The fourth-order valence-corrected chi connectivity index (χ4v) is 3.05. The van der Waals surface area contributed by atoms with Crippen LogP contribution in [0, 0.1) is 5.92 Å². The van der Waals surface area contributed by atoms with Crippen LogP contribution in [0.25, 0.3) is 0 Å². The number of amides is 1. The molecule has 22 heavy (non-hydrogen) atoms. The van der Waals surface area contributed by atoms with E-state index in [1.54, 1.807) is 20.8 Å². The molecule has 0 spiro atoms. The van der Waals surface area contributed by atoms with Gasteiger partial charge in [0.1, 0.15) is 5.60 Å². The molecule has 5 nitrogen and oxygen atoms in total. The Kier molecular flexibility index (Phi) is 5.02. The maximum atomic E-state index is 13.9. The lowest BCUT2D eigenvalue weighted by Gasteiger charge is -2.40. The van der Waals surface area contributed by atoms with Crippen LogP contribution >= 0.6 is 11.6 Å². The smallest absolute Gasteiger partial charge is 0.416 e. The Labute approximate surface area is 135 Å². The van der Waals surface area contributed by atoms with Gasteiger partial charge in [-0.05, 0) is 58.7 Å². The first kappa shape index (κ1) is 17.1. The second-order valence-electron chi connectivity index (χ2n) is 6.67. The molecule has 1 unspecified atom stereocenters. The number of nitrogens with two attached hydrogens (primary N) is 1. The number of nitrogens with one attached hydrogen (secondary N) is 1. The minimum absolute atomic E-state index is 0.117. The van der Waals surface area contributed by atoms with Gasteiger partial charge in [-0.1, -0.05) is 11.6 Å². The van der Waals surface area contributed by atoms with Crippen LogP contribution < -0.4 is 11.1 Å². The largest absolute Gasteiger partial charge is 0.443 e. The average molecular weight is 332 g/mol. The molecule has 7 heteroatoms. The molecule has 1 amide bonds. The zero-order valence-electron chi connectivity index (χ0n) is 13.2. The SMILES string of the molecule is CC(C)(C)OC(=O)N1C(Cl)=C(F)C=C(N)C1C1CCNCC1. The zero-order valence-corrected chi connectivity index (χ0v) is 13.9. The Bertz CT molecular complexity index is 507. The molecule has 1 fully saturated rings. The number of nitrogens with zero attached hydrogens (tertiary/aromatic N) is 1. The summed E-state index contributed by atoms with van der Waals surface area (Å²) in [5.74, 6) is -0.595. The highest BCUT2D eigenvalue weighted by molar-refractivity contribution is 6.30. The van der Waals surface area contributed by atoms with Gasteiger partial charge in [-0.15, -0.1) is 0 Å².